The van der Waals surface area contributed by atoms with Crippen LogP contribution in [0, 0.1) is 23.3 Å². The number of benzene rings is 2. The van der Waals surface area contributed by atoms with Gasteiger partial charge in [0.25, 0.3) is 11.1 Å². The molecule has 4 heterocycles. The van der Waals surface area contributed by atoms with Crippen LogP contribution in [0.15, 0.2) is 67.2 Å². The second-order valence-corrected chi connectivity index (χ2v) is 11.6. The van der Waals surface area contributed by atoms with Gasteiger partial charge in [-0.3, -0.25) is 9.59 Å². The Morgan fingerprint density at radius 3 is 1.80 bits per heavy atom. The van der Waals surface area contributed by atoms with E-state index < -0.39 is 29.4 Å². The summed E-state index contributed by atoms with van der Waals surface area (Å²) >= 11 is 0. The minimum absolute atomic E-state index is 0.0664. The SMILES string of the molecule is COC(=O)N1CC[C@H](c2cc(=O)[nH]o2)C[C@@H]1Cc1cc(F)cc(F)c1.O=c1cc([C@H]2CCN[C@@H](Cc3cc(F)cc(F)c3)C2)o[nH]1. The van der Waals surface area contributed by atoms with Crippen LogP contribution in [-0.2, 0) is 17.6 Å². The molecule has 0 bridgehead atoms. The van der Waals surface area contributed by atoms with E-state index in [1.807, 2.05) is 0 Å². The van der Waals surface area contributed by atoms with Crippen LogP contribution in [0.4, 0.5) is 22.4 Å². The molecule has 2 aromatic heterocycles. The highest BCUT2D eigenvalue weighted by Gasteiger charge is 2.34. The van der Waals surface area contributed by atoms with E-state index >= 15 is 0 Å². The number of rotatable bonds is 6. The van der Waals surface area contributed by atoms with Crippen molar-refractivity contribution in [2.45, 2.75) is 62.4 Å². The van der Waals surface area contributed by atoms with Crippen LogP contribution >= 0.6 is 0 Å². The number of aromatic amines is 2. The zero-order valence-electron chi connectivity index (χ0n) is 25.0. The van der Waals surface area contributed by atoms with Gasteiger partial charge in [-0.2, -0.15) is 10.3 Å². The number of ether oxygens (including phenoxy) is 1. The van der Waals surface area contributed by atoms with Gasteiger partial charge in [-0.25, -0.2) is 22.4 Å². The highest BCUT2D eigenvalue weighted by molar-refractivity contribution is 5.68. The third kappa shape index (κ3) is 8.56. The Hall–Kier alpha value is -4.59. The van der Waals surface area contributed by atoms with Crippen molar-refractivity contribution in [2.24, 2.45) is 0 Å². The van der Waals surface area contributed by atoms with Crippen molar-refractivity contribution in [2.75, 3.05) is 20.2 Å². The van der Waals surface area contributed by atoms with Crippen LogP contribution in [0.1, 0.15) is 60.2 Å². The number of nitrogens with one attached hydrogen (secondary N) is 3. The molecule has 0 unspecified atom stereocenters. The first-order chi connectivity index (χ1) is 22.1. The number of methoxy groups -OCH3 is 1. The van der Waals surface area contributed by atoms with E-state index in [0.29, 0.717) is 48.5 Å². The number of carbonyl (C=O) groups is 1. The molecule has 0 aliphatic carbocycles. The summed E-state index contributed by atoms with van der Waals surface area (Å²) in [4.78, 5) is 36.0. The summed E-state index contributed by atoms with van der Waals surface area (Å²) < 4.78 is 68.5. The van der Waals surface area contributed by atoms with Gasteiger partial charge in [0.1, 0.15) is 34.8 Å². The van der Waals surface area contributed by atoms with E-state index in [0.717, 1.165) is 31.5 Å². The van der Waals surface area contributed by atoms with Crippen molar-refractivity contribution in [3.8, 4) is 0 Å². The molecular weight excluding hydrogens is 612 g/mol. The second-order valence-electron chi connectivity index (χ2n) is 11.6. The topological polar surface area (TPSA) is 134 Å². The highest BCUT2D eigenvalue weighted by atomic mass is 19.1. The molecule has 4 aromatic rings. The minimum Gasteiger partial charge on any atom is -0.453 e. The van der Waals surface area contributed by atoms with Gasteiger partial charge in [0.15, 0.2) is 0 Å². The monoisotopic (exact) mass is 646 g/mol. The molecule has 2 aromatic carbocycles. The van der Waals surface area contributed by atoms with Crippen LogP contribution in [0.3, 0.4) is 0 Å². The molecule has 46 heavy (non-hydrogen) atoms. The number of halogens is 4. The Morgan fingerprint density at radius 2 is 1.30 bits per heavy atom. The predicted octanol–water partition coefficient (Wildman–Crippen LogP) is 5.13. The van der Waals surface area contributed by atoms with E-state index in [-0.39, 0.29) is 41.5 Å². The van der Waals surface area contributed by atoms with E-state index in [9.17, 15) is 31.9 Å². The smallest absolute Gasteiger partial charge is 0.409 e. The Kier molecular flexibility index (Phi) is 10.5. The summed E-state index contributed by atoms with van der Waals surface area (Å²) in [6.45, 7) is 1.18. The number of carbonyl (C=O) groups excluding carboxylic acids is 1. The number of aromatic nitrogens is 2. The normalized spacial score (nSPS) is 21.4. The fourth-order valence-corrected chi connectivity index (χ4v) is 6.29. The van der Waals surface area contributed by atoms with Gasteiger partial charge in [-0.15, -0.1) is 0 Å². The largest absolute Gasteiger partial charge is 0.453 e. The maximum absolute atomic E-state index is 13.4. The lowest BCUT2D eigenvalue weighted by atomic mass is 9.86. The molecule has 2 aliphatic rings. The maximum atomic E-state index is 13.4. The Labute approximate surface area is 260 Å². The lowest BCUT2D eigenvalue weighted by molar-refractivity contribution is 0.0816. The lowest BCUT2D eigenvalue weighted by Gasteiger charge is -2.38. The molecule has 10 nitrogen and oxygen atoms in total. The van der Waals surface area contributed by atoms with E-state index in [1.54, 1.807) is 4.90 Å². The standard InChI is InChI=1S/C17H18F2N2O4.C15H16F2N2O2/c1-24-17(23)21-3-2-11(15-9-16(22)20-25-15)7-14(21)6-10-4-12(18)8-13(19)5-10;16-11-3-9(4-12(17)7-11)5-13-6-10(1-2-18-13)14-8-15(20)19-21-14/h4-5,8-9,11,14H,2-3,6-7H2,1H3,(H,20,22);3-4,7-8,10,13,18H,1-2,5-6H2,(H,19,20)/t11-,14-;10-,13-/m00/s1. The van der Waals surface area contributed by atoms with E-state index in [4.69, 9.17) is 13.8 Å². The number of piperidine rings is 2. The Bertz CT molecular complexity index is 1710. The predicted molar refractivity (Wildman–Crippen MR) is 157 cm³/mol. The van der Waals surface area contributed by atoms with Crippen molar-refractivity contribution in [3.05, 3.63) is 115 Å². The average molecular weight is 647 g/mol. The molecule has 2 aliphatic heterocycles. The summed E-state index contributed by atoms with van der Waals surface area (Å²) in [6.07, 6.45) is 3.05. The Morgan fingerprint density at radius 1 is 0.783 bits per heavy atom. The molecule has 246 valence electrons. The lowest BCUT2D eigenvalue weighted by Crippen LogP contribution is -2.46. The fraction of sp³-hybridized carbons (Fsp3) is 0.406. The number of likely N-dealkylation sites (tertiary alicyclic amines) is 1. The van der Waals surface area contributed by atoms with Crippen molar-refractivity contribution >= 4 is 6.09 Å². The maximum Gasteiger partial charge on any atom is 0.409 e. The van der Waals surface area contributed by atoms with Crippen LogP contribution < -0.4 is 16.4 Å². The molecule has 2 fully saturated rings. The van der Waals surface area contributed by atoms with Gasteiger partial charge >= 0.3 is 6.09 Å². The summed E-state index contributed by atoms with van der Waals surface area (Å²) in [6, 6.07) is 9.51. The molecule has 4 atom stereocenters. The first-order valence-corrected chi connectivity index (χ1v) is 14.9. The summed E-state index contributed by atoms with van der Waals surface area (Å²) in [5, 5.41) is 7.89. The first-order valence-electron chi connectivity index (χ1n) is 14.9. The number of hydrogen-bond donors (Lipinski definition) is 3. The second kappa shape index (κ2) is 14.7. The molecule has 2 saturated heterocycles. The molecule has 14 heteroatoms. The summed E-state index contributed by atoms with van der Waals surface area (Å²) in [5.74, 6) is -1.20. The number of nitrogens with zero attached hydrogens (tertiary/aromatic N) is 1. The zero-order chi connectivity index (χ0) is 32.8. The van der Waals surface area contributed by atoms with Crippen molar-refractivity contribution in [1.29, 1.82) is 0 Å². The molecule has 3 N–H and O–H groups in total. The fourth-order valence-electron chi connectivity index (χ4n) is 6.29. The molecule has 1 amide bonds. The average Bonchev–Trinajstić information content (AvgIpc) is 3.64. The van der Waals surface area contributed by atoms with Crippen LogP contribution in [0.5, 0.6) is 0 Å². The molecule has 6 rings (SSSR count). The van der Waals surface area contributed by atoms with Gasteiger partial charge in [-0.05, 0) is 80.5 Å². The number of H-pyrrole nitrogens is 2. The third-order valence-corrected chi connectivity index (χ3v) is 8.31. The van der Waals surface area contributed by atoms with Crippen LogP contribution in [0.2, 0.25) is 0 Å². The van der Waals surface area contributed by atoms with Gasteiger partial charge in [0, 0.05) is 54.7 Å². The van der Waals surface area contributed by atoms with Gasteiger partial charge in [0.05, 0.1) is 7.11 Å². The van der Waals surface area contributed by atoms with Gasteiger partial charge in [0.2, 0.25) is 0 Å². The summed E-state index contributed by atoms with van der Waals surface area (Å²) in [5.41, 5.74) is 0.509. The van der Waals surface area contributed by atoms with Crippen molar-refractivity contribution < 1.29 is 36.1 Å². The van der Waals surface area contributed by atoms with Crippen LogP contribution in [0.25, 0.3) is 0 Å². The Balaban J connectivity index is 0.000000184. The number of hydrogen-bond acceptors (Lipinski definition) is 7. The van der Waals surface area contributed by atoms with Crippen molar-refractivity contribution in [3.63, 3.8) is 0 Å². The van der Waals surface area contributed by atoms with E-state index in [1.165, 1.54) is 43.5 Å². The summed E-state index contributed by atoms with van der Waals surface area (Å²) in [7, 11) is 1.29. The van der Waals surface area contributed by atoms with Crippen LogP contribution in [-0.4, -0.2) is 53.6 Å². The van der Waals surface area contributed by atoms with Crippen molar-refractivity contribution in [1.82, 2.24) is 20.5 Å². The highest BCUT2D eigenvalue weighted by Crippen LogP contribution is 2.33. The minimum atomic E-state index is -0.663. The van der Waals surface area contributed by atoms with Gasteiger partial charge in [-0.1, -0.05) is 0 Å². The zero-order valence-corrected chi connectivity index (χ0v) is 25.0. The molecule has 0 saturated carbocycles. The van der Waals surface area contributed by atoms with E-state index in [2.05, 4.69) is 15.6 Å². The third-order valence-electron chi connectivity index (χ3n) is 8.31. The molecular formula is C32H34F4N4O6. The quantitative estimate of drug-likeness (QED) is 0.248. The molecule has 0 radical (unpaired) electrons. The first kappa shape index (κ1) is 32.8. The number of amides is 1. The molecule has 0 spiro atoms. The van der Waals surface area contributed by atoms with Gasteiger partial charge < -0.3 is 24.0 Å².